The Morgan fingerprint density at radius 1 is 1.40 bits per heavy atom. The highest BCUT2D eigenvalue weighted by Crippen LogP contribution is 2.22. The highest BCUT2D eigenvalue weighted by molar-refractivity contribution is 9.10. The number of rotatable bonds is 4. The summed E-state index contributed by atoms with van der Waals surface area (Å²) in [7, 11) is 0. The summed E-state index contributed by atoms with van der Waals surface area (Å²) in [4.78, 5) is 14.0. The molecule has 88 valence electrons. The second-order valence-corrected chi connectivity index (χ2v) is 6.07. The minimum atomic E-state index is 0.0627. The number of carbonyl (C=O) groups excluding carboxylic acids is 1. The van der Waals surface area contributed by atoms with Crippen molar-refractivity contribution in [3.05, 3.63) is 0 Å². The van der Waals surface area contributed by atoms with Gasteiger partial charge in [-0.3, -0.25) is 4.79 Å². The van der Waals surface area contributed by atoms with E-state index in [-0.39, 0.29) is 10.7 Å². The third kappa shape index (κ3) is 3.78. The van der Waals surface area contributed by atoms with Crippen LogP contribution in [0.25, 0.3) is 0 Å². The van der Waals surface area contributed by atoms with Crippen molar-refractivity contribution in [3.63, 3.8) is 0 Å². The molecule has 2 unspecified atom stereocenters. The monoisotopic (exact) mass is 275 g/mol. The molecule has 0 aromatic rings. The first kappa shape index (κ1) is 13.0. The molecule has 2 atom stereocenters. The lowest BCUT2D eigenvalue weighted by molar-refractivity contribution is -0.134. The van der Waals surface area contributed by atoms with Gasteiger partial charge in [-0.05, 0) is 38.5 Å². The molecule has 0 bridgehead atoms. The van der Waals surface area contributed by atoms with E-state index in [1.807, 2.05) is 4.90 Å². The minimum absolute atomic E-state index is 0.0627. The van der Waals surface area contributed by atoms with Gasteiger partial charge in [0.05, 0.1) is 4.83 Å². The van der Waals surface area contributed by atoms with Crippen LogP contribution < -0.4 is 0 Å². The molecular formula is C12H22BrNO. The van der Waals surface area contributed by atoms with Crippen LogP contribution in [-0.2, 0) is 4.79 Å². The van der Waals surface area contributed by atoms with Gasteiger partial charge < -0.3 is 4.90 Å². The van der Waals surface area contributed by atoms with Crippen LogP contribution in [0.5, 0.6) is 0 Å². The Bertz CT molecular complexity index is 218. The summed E-state index contributed by atoms with van der Waals surface area (Å²) in [6.07, 6.45) is 4.46. The predicted molar refractivity (Wildman–Crippen MR) is 67.2 cm³/mol. The smallest absolute Gasteiger partial charge is 0.236 e. The molecule has 0 radical (unpaired) electrons. The topological polar surface area (TPSA) is 20.3 Å². The predicted octanol–water partition coefficient (Wildman–Crippen LogP) is 3.20. The van der Waals surface area contributed by atoms with Gasteiger partial charge in [0.15, 0.2) is 0 Å². The Balaban J connectivity index is 2.43. The van der Waals surface area contributed by atoms with Crippen LogP contribution in [0.3, 0.4) is 0 Å². The molecule has 0 aromatic heterocycles. The number of nitrogens with zero attached hydrogens (tertiary/aromatic N) is 1. The molecule has 1 saturated heterocycles. The van der Waals surface area contributed by atoms with E-state index in [2.05, 4.69) is 36.7 Å². The molecule has 0 saturated carbocycles. The van der Waals surface area contributed by atoms with Crippen LogP contribution in [0.2, 0.25) is 0 Å². The van der Waals surface area contributed by atoms with Gasteiger partial charge in [0, 0.05) is 12.6 Å². The van der Waals surface area contributed by atoms with Crippen LogP contribution in [0.4, 0.5) is 0 Å². The van der Waals surface area contributed by atoms with Crippen molar-refractivity contribution < 1.29 is 4.79 Å². The van der Waals surface area contributed by atoms with Crippen molar-refractivity contribution in [2.24, 2.45) is 5.92 Å². The zero-order valence-corrected chi connectivity index (χ0v) is 11.6. The van der Waals surface area contributed by atoms with E-state index < -0.39 is 0 Å². The number of hydrogen-bond donors (Lipinski definition) is 0. The Kier molecular flexibility index (Phi) is 5.10. The first-order valence-corrected chi connectivity index (χ1v) is 6.88. The van der Waals surface area contributed by atoms with Gasteiger partial charge in [0.1, 0.15) is 0 Å². The summed E-state index contributed by atoms with van der Waals surface area (Å²) in [5.74, 6) is 1.02. The highest BCUT2D eigenvalue weighted by atomic mass is 79.9. The molecule has 1 heterocycles. The van der Waals surface area contributed by atoms with Gasteiger partial charge in [-0.2, -0.15) is 0 Å². The summed E-state index contributed by atoms with van der Waals surface area (Å²) in [6.45, 7) is 7.58. The lowest BCUT2D eigenvalue weighted by Crippen LogP contribution is -2.46. The molecule has 2 nitrogen and oxygen atoms in total. The molecule has 1 aliphatic rings. The van der Waals surface area contributed by atoms with Gasteiger partial charge >= 0.3 is 0 Å². The first-order valence-electron chi connectivity index (χ1n) is 5.97. The van der Waals surface area contributed by atoms with Crippen molar-refractivity contribution in [3.8, 4) is 0 Å². The molecular weight excluding hydrogens is 254 g/mol. The van der Waals surface area contributed by atoms with E-state index in [9.17, 15) is 4.79 Å². The van der Waals surface area contributed by atoms with Crippen molar-refractivity contribution in [1.82, 2.24) is 4.90 Å². The molecule has 1 aliphatic heterocycles. The van der Waals surface area contributed by atoms with E-state index in [1.54, 1.807) is 0 Å². The second-order valence-electron chi connectivity index (χ2n) is 4.96. The molecule has 1 rings (SSSR count). The van der Waals surface area contributed by atoms with Crippen LogP contribution in [0, 0.1) is 5.92 Å². The van der Waals surface area contributed by atoms with E-state index >= 15 is 0 Å². The quantitative estimate of drug-likeness (QED) is 0.722. The third-order valence-corrected chi connectivity index (χ3v) is 3.95. The van der Waals surface area contributed by atoms with E-state index in [4.69, 9.17) is 0 Å². The summed E-state index contributed by atoms with van der Waals surface area (Å²) < 4.78 is 0. The van der Waals surface area contributed by atoms with Crippen molar-refractivity contribution in [2.75, 3.05) is 6.54 Å². The summed E-state index contributed by atoms with van der Waals surface area (Å²) in [5, 5.41) is 0. The third-order valence-electron chi connectivity index (χ3n) is 3.10. The van der Waals surface area contributed by atoms with Gasteiger partial charge in [-0.1, -0.05) is 29.8 Å². The number of hydrogen-bond acceptors (Lipinski definition) is 1. The van der Waals surface area contributed by atoms with Crippen molar-refractivity contribution >= 4 is 21.8 Å². The normalized spacial score (nSPS) is 24.7. The SMILES string of the molecule is CC(C)CCC(C)N1CCCC(Br)C1=O. The van der Waals surface area contributed by atoms with Gasteiger partial charge in [-0.15, -0.1) is 0 Å². The summed E-state index contributed by atoms with van der Waals surface area (Å²) >= 11 is 3.45. The average Bonchev–Trinajstić information content (AvgIpc) is 2.18. The number of carbonyl (C=O) groups is 1. The zero-order valence-electron chi connectivity index (χ0n) is 10.0. The number of halogens is 1. The standard InChI is InChI=1S/C12H22BrNO/c1-9(2)6-7-10(3)14-8-4-5-11(13)12(14)15/h9-11H,4-8H2,1-3H3. The summed E-state index contributed by atoms with van der Waals surface area (Å²) in [5.41, 5.74) is 0. The largest absolute Gasteiger partial charge is 0.339 e. The highest BCUT2D eigenvalue weighted by Gasteiger charge is 2.29. The Hall–Kier alpha value is -0.0500. The fourth-order valence-corrected chi connectivity index (χ4v) is 2.61. The molecule has 3 heteroatoms. The Morgan fingerprint density at radius 3 is 2.67 bits per heavy atom. The maximum Gasteiger partial charge on any atom is 0.236 e. The second kappa shape index (κ2) is 5.88. The van der Waals surface area contributed by atoms with E-state index in [0.717, 1.165) is 31.7 Å². The lowest BCUT2D eigenvalue weighted by atomic mass is 10.0. The zero-order chi connectivity index (χ0) is 11.4. The van der Waals surface area contributed by atoms with Gasteiger partial charge in [0.25, 0.3) is 0 Å². The molecule has 15 heavy (non-hydrogen) atoms. The molecule has 1 fully saturated rings. The number of amides is 1. The summed E-state index contributed by atoms with van der Waals surface area (Å²) in [6, 6.07) is 0.403. The Labute approximate surface area is 102 Å². The maximum absolute atomic E-state index is 11.9. The number of alkyl halides is 1. The fourth-order valence-electron chi connectivity index (χ4n) is 2.02. The molecule has 0 aliphatic carbocycles. The number of likely N-dealkylation sites (tertiary alicyclic amines) is 1. The first-order chi connectivity index (χ1) is 7.02. The van der Waals surface area contributed by atoms with Crippen LogP contribution in [-0.4, -0.2) is 28.2 Å². The van der Waals surface area contributed by atoms with Crippen LogP contribution in [0.15, 0.2) is 0 Å². The lowest BCUT2D eigenvalue weighted by Gasteiger charge is -2.35. The van der Waals surface area contributed by atoms with Gasteiger partial charge in [-0.25, -0.2) is 0 Å². The molecule has 1 amide bonds. The molecule has 0 spiro atoms. The maximum atomic E-state index is 11.9. The van der Waals surface area contributed by atoms with E-state index in [1.165, 1.54) is 6.42 Å². The fraction of sp³-hybridized carbons (Fsp3) is 0.917. The van der Waals surface area contributed by atoms with Gasteiger partial charge in [0.2, 0.25) is 5.91 Å². The van der Waals surface area contributed by atoms with Crippen LogP contribution >= 0.6 is 15.9 Å². The van der Waals surface area contributed by atoms with Crippen molar-refractivity contribution in [1.29, 1.82) is 0 Å². The van der Waals surface area contributed by atoms with Crippen LogP contribution in [0.1, 0.15) is 46.5 Å². The minimum Gasteiger partial charge on any atom is -0.339 e. The molecule has 0 aromatic carbocycles. The number of piperidine rings is 1. The Morgan fingerprint density at radius 2 is 2.07 bits per heavy atom. The van der Waals surface area contributed by atoms with E-state index in [0.29, 0.717) is 6.04 Å². The molecule has 0 N–H and O–H groups in total. The average molecular weight is 276 g/mol. The van der Waals surface area contributed by atoms with Crippen molar-refractivity contribution in [2.45, 2.75) is 57.3 Å².